The molecule has 2 N–H and O–H groups in total. The van der Waals surface area contributed by atoms with Gasteiger partial charge in [0, 0.05) is 0 Å². The fourth-order valence-corrected chi connectivity index (χ4v) is 1.69. The minimum atomic E-state index is -1.03. The summed E-state index contributed by atoms with van der Waals surface area (Å²) in [5, 5.41) is 17.3. The first-order valence-electron chi connectivity index (χ1n) is 6.02. The molecular formula is C12H23NaO4. The first-order chi connectivity index (χ1) is 7.57. The van der Waals surface area contributed by atoms with E-state index in [1.807, 2.05) is 0 Å². The van der Waals surface area contributed by atoms with E-state index < -0.39 is 17.9 Å². The van der Waals surface area contributed by atoms with Crippen molar-refractivity contribution in [2.24, 2.45) is 5.92 Å². The summed E-state index contributed by atoms with van der Waals surface area (Å²) < 4.78 is 0. The van der Waals surface area contributed by atoms with Gasteiger partial charge in [0.05, 0.1) is 12.3 Å². The van der Waals surface area contributed by atoms with Crippen molar-refractivity contribution in [1.82, 2.24) is 0 Å². The maximum atomic E-state index is 10.7. The van der Waals surface area contributed by atoms with Crippen LogP contribution in [0.1, 0.15) is 58.3 Å². The van der Waals surface area contributed by atoms with Gasteiger partial charge in [0.2, 0.25) is 0 Å². The third-order valence-corrected chi connectivity index (χ3v) is 2.68. The van der Waals surface area contributed by atoms with Crippen LogP contribution >= 0.6 is 0 Å². The van der Waals surface area contributed by atoms with Crippen LogP contribution in [0.5, 0.6) is 0 Å². The summed E-state index contributed by atoms with van der Waals surface area (Å²) in [5.74, 6) is -2.74. The van der Waals surface area contributed by atoms with E-state index >= 15 is 0 Å². The summed E-state index contributed by atoms with van der Waals surface area (Å²) in [6, 6.07) is 0. The number of carbonyl (C=O) groups is 2. The van der Waals surface area contributed by atoms with Crippen LogP contribution in [-0.2, 0) is 9.59 Å². The average molecular weight is 254 g/mol. The number of carboxylic acids is 2. The fraction of sp³-hybridized carbons (Fsp3) is 0.833. The molecule has 0 aliphatic heterocycles. The molecule has 0 aliphatic carbocycles. The Labute approximate surface area is 125 Å². The normalized spacial score (nSPS) is 11.6. The Morgan fingerprint density at radius 1 is 1.00 bits per heavy atom. The van der Waals surface area contributed by atoms with Crippen molar-refractivity contribution in [1.29, 1.82) is 0 Å². The molecule has 0 amide bonds. The predicted molar refractivity (Wildman–Crippen MR) is 68.5 cm³/mol. The molecule has 0 saturated carbocycles. The Kier molecular flexibility index (Phi) is 14.1. The number of carboxylic acid groups (broad SMARTS) is 2. The predicted octanol–water partition coefficient (Wildman–Crippen LogP) is 2.26. The van der Waals surface area contributed by atoms with E-state index in [1.54, 1.807) is 0 Å². The van der Waals surface area contributed by atoms with Crippen molar-refractivity contribution in [2.45, 2.75) is 58.3 Å². The molecule has 0 aromatic heterocycles. The molecule has 0 aromatic rings. The number of unbranched alkanes of at least 4 members (excludes halogenated alkanes) is 5. The molecule has 0 aliphatic rings. The van der Waals surface area contributed by atoms with Gasteiger partial charge in [0.25, 0.3) is 0 Å². The van der Waals surface area contributed by atoms with Gasteiger partial charge in [-0.3, -0.25) is 9.59 Å². The molecule has 17 heavy (non-hydrogen) atoms. The van der Waals surface area contributed by atoms with Crippen molar-refractivity contribution in [3.8, 4) is 0 Å². The quantitative estimate of drug-likeness (QED) is 0.463. The van der Waals surface area contributed by atoms with E-state index in [0.29, 0.717) is 6.42 Å². The van der Waals surface area contributed by atoms with Gasteiger partial charge in [0.1, 0.15) is 0 Å². The summed E-state index contributed by atoms with van der Waals surface area (Å²) in [4.78, 5) is 21.2. The van der Waals surface area contributed by atoms with Crippen molar-refractivity contribution >= 4 is 41.5 Å². The van der Waals surface area contributed by atoms with Crippen LogP contribution in [-0.4, -0.2) is 51.7 Å². The van der Waals surface area contributed by atoms with E-state index in [1.165, 1.54) is 19.3 Å². The second kappa shape index (κ2) is 12.4. The molecule has 5 heteroatoms. The van der Waals surface area contributed by atoms with Gasteiger partial charge in [0.15, 0.2) is 0 Å². The summed E-state index contributed by atoms with van der Waals surface area (Å²) in [5.41, 5.74) is 0. The Morgan fingerprint density at radius 2 is 1.53 bits per heavy atom. The molecule has 0 aromatic carbocycles. The van der Waals surface area contributed by atoms with Crippen LogP contribution < -0.4 is 0 Å². The van der Waals surface area contributed by atoms with Crippen molar-refractivity contribution in [2.75, 3.05) is 0 Å². The van der Waals surface area contributed by atoms with Crippen molar-refractivity contribution in [3.63, 3.8) is 0 Å². The van der Waals surface area contributed by atoms with Gasteiger partial charge >= 0.3 is 41.5 Å². The summed E-state index contributed by atoms with van der Waals surface area (Å²) in [6.07, 6.45) is 6.75. The van der Waals surface area contributed by atoms with E-state index in [4.69, 9.17) is 10.2 Å². The fourth-order valence-electron chi connectivity index (χ4n) is 1.69. The van der Waals surface area contributed by atoms with Gasteiger partial charge in [-0.05, 0) is 6.42 Å². The van der Waals surface area contributed by atoms with Crippen molar-refractivity contribution in [3.05, 3.63) is 0 Å². The second-order valence-corrected chi connectivity index (χ2v) is 4.19. The molecular weight excluding hydrogens is 231 g/mol. The first-order valence-corrected chi connectivity index (χ1v) is 6.02. The van der Waals surface area contributed by atoms with Gasteiger partial charge in [-0.2, -0.15) is 0 Å². The molecule has 4 nitrogen and oxygen atoms in total. The Balaban J connectivity index is 0. The zero-order valence-electron chi connectivity index (χ0n) is 9.95. The maximum absolute atomic E-state index is 10.7. The zero-order valence-corrected chi connectivity index (χ0v) is 9.95. The summed E-state index contributed by atoms with van der Waals surface area (Å²) in [6.45, 7) is 2.15. The Hall–Kier alpha value is -0.0600. The van der Waals surface area contributed by atoms with Crippen LogP contribution in [0.4, 0.5) is 0 Å². The van der Waals surface area contributed by atoms with E-state index in [9.17, 15) is 9.59 Å². The molecule has 0 rings (SSSR count). The molecule has 1 atom stereocenters. The molecule has 1 unspecified atom stereocenters. The standard InChI is InChI=1S/C12H22O4.Na.H/c1-2-3-4-5-6-7-8-10(12(15)16)9-11(13)14;;/h10H,2-9H2,1H3,(H,13,14)(H,15,16);;. The van der Waals surface area contributed by atoms with Gasteiger partial charge < -0.3 is 10.2 Å². The third-order valence-electron chi connectivity index (χ3n) is 2.68. The van der Waals surface area contributed by atoms with E-state index in [0.717, 1.165) is 19.3 Å². The van der Waals surface area contributed by atoms with Gasteiger partial charge in [-0.15, -0.1) is 0 Å². The van der Waals surface area contributed by atoms with Crippen molar-refractivity contribution < 1.29 is 19.8 Å². The molecule has 0 heterocycles. The molecule has 0 radical (unpaired) electrons. The average Bonchev–Trinajstić information content (AvgIpc) is 2.20. The Morgan fingerprint density at radius 3 is 2.00 bits per heavy atom. The number of hydrogen-bond donors (Lipinski definition) is 2. The zero-order chi connectivity index (χ0) is 12.4. The molecule has 96 valence electrons. The summed E-state index contributed by atoms with van der Waals surface area (Å²) >= 11 is 0. The number of aliphatic carboxylic acids is 2. The van der Waals surface area contributed by atoms with Crippen LogP contribution in [0, 0.1) is 5.92 Å². The first kappa shape index (κ1) is 19.3. The van der Waals surface area contributed by atoms with E-state index in [-0.39, 0.29) is 36.0 Å². The van der Waals surface area contributed by atoms with Gasteiger partial charge in [-0.25, -0.2) is 0 Å². The van der Waals surface area contributed by atoms with Crippen LogP contribution in [0.2, 0.25) is 0 Å². The molecule has 0 fully saturated rings. The van der Waals surface area contributed by atoms with E-state index in [2.05, 4.69) is 6.92 Å². The molecule has 0 spiro atoms. The Bertz CT molecular complexity index is 219. The third kappa shape index (κ3) is 12.2. The topological polar surface area (TPSA) is 74.6 Å². The summed E-state index contributed by atoms with van der Waals surface area (Å²) in [7, 11) is 0. The minimum absolute atomic E-state index is 0. The number of hydrogen-bond acceptors (Lipinski definition) is 2. The van der Waals surface area contributed by atoms with Gasteiger partial charge in [-0.1, -0.05) is 45.4 Å². The van der Waals surface area contributed by atoms with Crippen LogP contribution in [0.25, 0.3) is 0 Å². The molecule has 0 bridgehead atoms. The van der Waals surface area contributed by atoms with Crippen LogP contribution in [0.15, 0.2) is 0 Å². The molecule has 0 saturated heterocycles. The SMILES string of the molecule is CCCCCCCCC(CC(=O)O)C(=O)O.[NaH]. The number of rotatable bonds is 10. The van der Waals surface area contributed by atoms with Crippen LogP contribution in [0.3, 0.4) is 0 Å². The second-order valence-electron chi connectivity index (χ2n) is 4.19. The monoisotopic (exact) mass is 254 g/mol.